The monoisotopic (exact) mass is 267 g/mol. The molecule has 2 rings (SSSR count). The summed E-state index contributed by atoms with van der Waals surface area (Å²) in [5.74, 6) is 2.72. The van der Waals surface area contributed by atoms with Crippen molar-refractivity contribution in [3.63, 3.8) is 0 Å². The van der Waals surface area contributed by atoms with Crippen molar-refractivity contribution in [1.29, 1.82) is 0 Å². The molecule has 0 radical (unpaired) electrons. The normalized spacial score (nSPS) is 34.1. The van der Waals surface area contributed by atoms with Crippen LogP contribution in [0, 0.1) is 17.8 Å². The number of nitrogens with zero attached hydrogens (tertiary/aromatic N) is 1. The summed E-state index contributed by atoms with van der Waals surface area (Å²) < 4.78 is 5.52. The second-order valence-electron chi connectivity index (χ2n) is 7.46. The Morgan fingerprint density at radius 2 is 1.63 bits per heavy atom. The van der Waals surface area contributed by atoms with Gasteiger partial charge in [-0.15, -0.1) is 0 Å². The van der Waals surface area contributed by atoms with Gasteiger partial charge in [0.05, 0.1) is 0 Å². The fourth-order valence-electron chi connectivity index (χ4n) is 4.17. The van der Waals surface area contributed by atoms with Crippen LogP contribution in [0.25, 0.3) is 0 Å². The van der Waals surface area contributed by atoms with Crippen LogP contribution in [-0.2, 0) is 4.74 Å². The molecule has 1 saturated heterocycles. The zero-order valence-electron chi connectivity index (χ0n) is 13.5. The molecule has 0 aromatic heterocycles. The predicted molar refractivity (Wildman–Crippen MR) is 81.4 cm³/mol. The fraction of sp³-hybridized carbons (Fsp3) is 1.00. The largest absolute Gasteiger partial charge is 0.381 e. The Morgan fingerprint density at radius 3 is 2.11 bits per heavy atom. The quantitative estimate of drug-likeness (QED) is 0.764. The molecule has 0 aromatic rings. The third-order valence-corrected chi connectivity index (χ3v) is 5.86. The molecular weight excluding hydrogens is 234 g/mol. The van der Waals surface area contributed by atoms with Gasteiger partial charge < -0.3 is 9.64 Å². The molecule has 0 spiro atoms. The van der Waals surface area contributed by atoms with Crippen molar-refractivity contribution in [3.05, 3.63) is 0 Å². The molecule has 2 fully saturated rings. The van der Waals surface area contributed by atoms with Crippen LogP contribution in [0.1, 0.15) is 58.8 Å². The summed E-state index contributed by atoms with van der Waals surface area (Å²) >= 11 is 0. The smallest absolute Gasteiger partial charge is 0.0468 e. The van der Waals surface area contributed by atoms with Crippen LogP contribution in [0.4, 0.5) is 0 Å². The lowest BCUT2D eigenvalue weighted by atomic mass is 9.68. The Hall–Kier alpha value is -0.0800. The second kappa shape index (κ2) is 6.58. The summed E-state index contributed by atoms with van der Waals surface area (Å²) in [6.45, 7) is 6.77. The molecule has 19 heavy (non-hydrogen) atoms. The lowest BCUT2D eigenvalue weighted by Gasteiger charge is -2.48. The highest BCUT2D eigenvalue weighted by Crippen LogP contribution is 2.43. The minimum absolute atomic E-state index is 0.480. The molecule has 0 bridgehead atoms. The van der Waals surface area contributed by atoms with Crippen molar-refractivity contribution in [3.8, 4) is 0 Å². The first-order chi connectivity index (χ1) is 9.03. The van der Waals surface area contributed by atoms with E-state index in [9.17, 15) is 0 Å². The Bertz CT molecular complexity index is 260. The van der Waals surface area contributed by atoms with Gasteiger partial charge in [-0.2, -0.15) is 0 Å². The highest BCUT2D eigenvalue weighted by molar-refractivity contribution is 4.95. The van der Waals surface area contributed by atoms with Crippen molar-refractivity contribution in [1.82, 2.24) is 4.90 Å². The Labute approximate surface area is 119 Å². The molecule has 2 nitrogen and oxygen atoms in total. The van der Waals surface area contributed by atoms with E-state index in [0.29, 0.717) is 5.54 Å². The summed E-state index contributed by atoms with van der Waals surface area (Å²) in [6.07, 6.45) is 9.62. The molecule has 2 heteroatoms. The van der Waals surface area contributed by atoms with E-state index in [4.69, 9.17) is 4.74 Å². The van der Waals surface area contributed by atoms with Crippen LogP contribution in [-0.4, -0.2) is 37.7 Å². The third kappa shape index (κ3) is 3.72. The lowest BCUT2D eigenvalue weighted by Crippen LogP contribution is -2.49. The average Bonchev–Trinajstić information content (AvgIpc) is 2.40. The van der Waals surface area contributed by atoms with Gasteiger partial charge in [-0.3, -0.25) is 0 Å². The molecule has 0 atom stereocenters. The standard InChI is InChI=1S/C17H33NO/c1-14(2)16-5-9-17(10-6-16,18(3)4)13-15-7-11-19-12-8-15/h14-16H,5-13H2,1-4H3. The van der Waals surface area contributed by atoms with Gasteiger partial charge in [0, 0.05) is 18.8 Å². The summed E-state index contributed by atoms with van der Waals surface area (Å²) in [7, 11) is 4.60. The van der Waals surface area contributed by atoms with E-state index in [1.54, 1.807) is 0 Å². The zero-order valence-corrected chi connectivity index (χ0v) is 13.5. The molecule has 1 aliphatic carbocycles. The van der Waals surface area contributed by atoms with Gasteiger partial charge >= 0.3 is 0 Å². The van der Waals surface area contributed by atoms with Crippen LogP contribution in [0.5, 0.6) is 0 Å². The predicted octanol–water partition coefficient (Wildman–Crippen LogP) is 3.95. The summed E-state index contributed by atoms with van der Waals surface area (Å²) in [4.78, 5) is 2.54. The van der Waals surface area contributed by atoms with Crippen LogP contribution in [0.3, 0.4) is 0 Å². The number of rotatable bonds is 4. The molecule has 112 valence electrons. The summed E-state index contributed by atoms with van der Waals surface area (Å²) in [5.41, 5.74) is 0.480. The zero-order chi connectivity index (χ0) is 13.9. The molecule has 2 aliphatic rings. The van der Waals surface area contributed by atoms with Crippen molar-refractivity contribution >= 4 is 0 Å². The summed E-state index contributed by atoms with van der Waals surface area (Å²) in [5, 5.41) is 0. The topological polar surface area (TPSA) is 12.5 Å². The fourth-order valence-corrected chi connectivity index (χ4v) is 4.17. The van der Waals surface area contributed by atoms with Gasteiger partial charge in [0.25, 0.3) is 0 Å². The molecule has 1 heterocycles. The van der Waals surface area contributed by atoms with Gasteiger partial charge in [-0.25, -0.2) is 0 Å². The first-order valence-electron chi connectivity index (χ1n) is 8.29. The van der Waals surface area contributed by atoms with E-state index in [2.05, 4.69) is 32.8 Å². The van der Waals surface area contributed by atoms with Gasteiger partial charge in [0.2, 0.25) is 0 Å². The highest BCUT2D eigenvalue weighted by Gasteiger charge is 2.39. The minimum Gasteiger partial charge on any atom is -0.381 e. The van der Waals surface area contributed by atoms with E-state index < -0.39 is 0 Å². The molecule has 1 aliphatic heterocycles. The Morgan fingerprint density at radius 1 is 1.05 bits per heavy atom. The van der Waals surface area contributed by atoms with Gasteiger partial charge in [-0.05, 0) is 76.8 Å². The number of ether oxygens (including phenoxy) is 1. The molecule has 0 unspecified atom stereocenters. The molecule has 0 aromatic carbocycles. The van der Waals surface area contributed by atoms with Gasteiger partial charge in [-0.1, -0.05) is 13.8 Å². The van der Waals surface area contributed by atoms with E-state index >= 15 is 0 Å². The SMILES string of the molecule is CC(C)C1CCC(CC2CCOCC2)(N(C)C)CC1. The van der Waals surface area contributed by atoms with Crippen LogP contribution in [0.15, 0.2) is 0 Å². The van der Waals surface area contributed by atoms with E-state index in [1.807, 2.05) is 0 Å². The average molecular weight is 267 g/mol. The van der Waals surface area contributed by atoms with Gasteiger partial charge in [0.1, 0.15) is 0 Å². The lowest BCUT2D eigenvalue weighted by molar-refractivity contribution is 0.00982. The van der Waals surface area contributed by atoms with Gasteiger partial charge in [0.15, 0.2) is 0 Å². The second-order valence-corrected chi connectivity index (χ2v) is 7.46. The van der Waals surface area contributed by atoms with Crippen molar-refractivity contribution < 1.29 is 4.74 Å². The molecular formula is C17H33NO. The minimum atomic E-state index is 0.480. The van der Waals surface area contributed by atoms with Crippen molar-refractivity contribution in [2.75, 3.05) is 27.3 Å². The van der Waals surface area contributed by atoms with Crippen molar-refractivity contribution in [2.24, 2.45) is 17.8 Å². The van der Waals surface area contributed by atoms with E-state index in [0.717, 1.165) is 31.0 Å². The molecule has 1 saturated carbocycles. The van der Waals surface area contributed by atoms with Crippen LogP contribution < -0.4 is 0 Å². The summed E-state index contributed by atoms with van der Waals surface area (Å²) in [6, 6.07) is 0. The number of hydrogen-bond acceptors (Lipinski definition) is 2. The maximum atomic E-state index is 5.52. The molecule has 0 N–H and O–H groups in total. The Kier molecular flexibility index (Phi) is 5.30. The molecule has 0 amide bonds. The first kappa shape index (κ1) is 15.3. The van der Waals surface area contributed by atoms with Crippen LogP contribution >= 0.6 is 0 Å². The first-order valence-corrected chi connectivity index (χ1v) is 8.29. The third-order valence-electron chi connectivity index (χ3n) is 5.86. The Balaban J connectivity index is 1.95. The highest BCUT2D eigenvalue weighted by atomic mass is 16.5. The number of hydrogen-bond donors (Lipinski definition) is 0. The van der Waals surface area contributed by atoms with E-state index in [-0.39, 0.29) is 0 Å². The van der Waals surface area contributed by atoms with Crippen LogP contribution in [0.2, 0.25) is 0 Å². The maximum absolute atomic E-state index is 5.52. The van der Waals surface area contributed by atoms with Crippen molar-refractivity contribution in [2.45, 2.75) is 64.3 Å². The van der Waals surface area contributed by atoms with E-state index in [1.165, 1.54) is 44.9 Å². The maximum Gasteiger partial charge on any atom is 0.0468 e.